The Morgan fingerprint density at radius 2 is 1.32 bits per heavy atom. The zero-order chi connectivity index (χ0) is 36.6. The van der Waals surface area contributed by atoms with E-state index in [9.17, 15) is 9.59 Å². The van der Waals surface area contributed by atoms with Gasteiger partial charge in [0.15, 0.2) is 23.0 Å². The van der Waals surface area contributed by atoms with Crippen LogP contribution in [0.1, 0.15) is 56.2 Å². The molecule has 53 heavy (non-hydrogen) atoms. The van der Waals surface area contributed by atoms with Gasteiger partial charge in [-0.25, -0.2) is 0 Å². The summed E-state index contributed by atoms with van der Waals surface area (Å²) in [6.45, 7) is 1.69. The molecule has 4 aromatic rings. The Morgan fingerprint density at radius 1 is 0.698 bits per heavy atom. The maximum Gasteiger partial charge on any atom is 0.257 e. The lowest BCUT2D eigenvalue weighted by Crippen LogP contribution is -2.44. The average molecular weight is 716 g/mol. The summed E-state index contributed by atoms with van der Waals surface area (Å²) in [6, 6.07) is 20.5. The van der Waals surface area contributed by atoms with Gasteiger partial charge in [-0.1, -0.05) is 18.2 Å². The minimum absolute atomic E-state index is 0.0823. The Labute approximate surface area is 307 Å². The number of amides is 2. The second kappa shape index (κ2) is 14.2. The molecule has 0 bridgehead atoms. The molecule has 1 unspecified atom stereocenters. The molecule has 3 atom stereocenters. The first-order valence-corrected chi connectivity index (χ1v) is 17.7. The molecule has 4 aliphatic rings. The Hall–Kier alpha value is -6.04. The molecular formula is C41H41N5O7. The van der Waals surface area contributed by atoms with E-state index in [1.165, 1.54) is 5.56 Å². The number of ether oxygens (including phenoxy) is 5. The van der Waals surface area contributed by atoms with Gasteiger partial charge in [0.2, 0.25) is 0 Å². The summed E-state index contributed by atoms with van der Waals surface area (Å²) in [7, 11) is 4.74. The third-order valence-electron chi connectivity index (χ3n) is 10.5. The summed E-state index contributed by atoms with van der Waals surface area (Å²) in [6.07, 6.45) is 5.69. The molecule has 2 N–H and O–H groups in total. The number of benzene rings is 4. The van der Waals surface area contributed by atoms with Gasteiger partial charge < -0.3 is 39.2 Å². The van der Waals surface area contributed by atoms with Crippen molar-refractivity contribution in [3.05, 3.63) is 94.5 Å². The zero-order valence-corrected chi connectivity index (χ0v) is 29.9. The Bertz CT molecular complexity index is 2130. The largest absolute Gasteiger partial charge is 0.497 e. The van der Waals surface area contributed by atoms with Crippen LogP contribution in [0.25, 0.3) is 0 Å². The number of hydrogen-bond donors (Lipinski definition) is 1. The monoisotopic (exact) mass is 715 g/mol. The number of anilines is 1. The smallest absolute Gasteiger partial charge is 0.257 e. The van der Waals surface area contributed by atoms with Crippen molar-refractivity contribution in [2.24, 2.45) is 9.98 Å². The summed E-state index contributed by atoms with van der Waals surface area (Å²) in [4.78, 5) is 40.7. The first kappa shape index (κ1) is 34.1. The Morgan fingerprint density at radius 3 is 1.94 bits per heavy atom. The maximum absolute atomic E-state index is 13.8. The Balaban J connectivity index is 0.912. The van der Waals surface area contributed by atoms with Crippen LogP contribution in [0.5, 0.6) is 28.7 Å². The summed E-state index contributed by atoms with van der Waals surface area (Å²) >= 11 is 0. The van der Waals surface area contributed by atoms with Crippen LogP contribution in [0.15, 0.2) is 76.7 Å². The molecule has 0 aromatic heterocycles. The molecule has 0 aliphatic carbocycles. The summed E-state index contributed by atoms with van der Waals surface area (Å²) < 4.78 is 29.0. The van der Waals surface area contributed by atoms with E-state index in [0.717, 1.165) is 29.0 Å². The van der Waals surface area contributed by atoms with Crippen molar-refractivity contribution in [2.45, 2.75) is 43.8 Å². The fourth-order valence-electron chi connectivity index (χ4n) is 7.58. The molecule has 4 heterocycles. The van der Waals surface area contributed by atoms with Crippen LogP contribution in [0, 0.1) is 0 Å². The molecule has 12 nitrogen and oxygen atoms in total. The SMILES string of the molecule is COc1ccc2c(c1)CN1C(=O)c3cc(OC)c(OCCCOc4cc5c(cc4OC)C(=O)N4CC(c6ccc(N)cc6)C[C@H]4C=N5)cc3N=C[C@@H]1C2. The standard InChI is InChI=1S/C41H41N5O7/c1-49-31-10-7-25-13-29-20-43-34-18-38(37(51-3)17-33(34)41(48)46(29)23-27(25)15-31)52-11-4-12-53-39-19-35-32(16-36(39)50-2)40(47)45-22-26(14-30(45)21-44-35)24-5-8-28(42)9-6-24/h5-10,15-21,26,29-30H,4,11-14,22-23,42H2,1-3H3/t26?,29-,30-/m0/s1. The second-order valence-corrected chi connectivity index (χ2v) is 13.6. The molecule has 0 spiro atoms. The second-order valence-electron chi connectivity index (χ2n) is 13.6. The highest BCUT2D eigenvalue weighted by molar-refractivity contribution is 6.04. The number of rotatable bonds is 10. The molecule has 12 heteroatoms. The van der Waals surface area contributed by atoms with Crippen LogP contribution in [0.3, 0.4) is 0 Å². The maximum atomic E-state index is 13.8. The molecule has 1 fully saturated rings. The molecular weight excluding hydrogens is 674 g/mol. The van der Waals surface area contributed by atoms with Gasteiger partial charge in [-0.2, -0.15) is 0 Å². The molecule has 8 rings (SSSR count). The predicted molar refractivity (Wildman–Crippen MR) is 201 cm³/mol. The van der Waals surface area contributed by atoms with E-state index in [2.05, 4.69) is 6.07 Å². The highest BCUT2D eigenvalue weighted by atomic mass is 16.5. The highest BCUT2D eigenvalue weighted by Gasteiger charge is 2.38. The van der Waals surface area contributed by atoms with E-state index in [1.807, 2.05) is 58.6 Å². The van der Waals surface area contributed by atoms with Crippen LogP contribution < -0.4 is 29.4 Å². The lowest BCUT2D eigenvalue weighted by Gasteiger charge is -2.34. The van der Waals surface area contributed by atoms with Crippen molar-refractivity contribution in [3.63, 3.8) is 0 Å². The van der Waals surface area contributed by atoms with Crippen molar-refractivity contribution >= 4 is 41.3 Å². The van der Waals surface area contributed by atoms with Crippen molar-refractivity contribution in [3.8, 4) is 28.7 Å². The summed E-state index contributed by atoms with van der Waals surface area (Å²) in [5.41, 5.74) is 12.0. The third-order valence-corrected chi connectivity index (χ3v) is 10.5. The van der Waals surface area contributed by atoms with Crippen LogP contribution in [0.4, 0.5) is 17.1 Å². The number of aliphatic imine (C=N–C) groups is 2. The minimum atomic E-state index is -0.165. The first-order chi connectivity index (χ1) is 25.8. The third kappa shape index (κ3) is 6.49. The molecule has 0 saturated carbocycles. The van der Waals surface area contributed by atoms with Gasteiger partial charge in [-0.05, 0) is 65.9 Å². The molecule has 0 radical (unpaired) electrons. The number of nitrogens with two attached hydrogens (primary N) is 1. The minimum Gasteiger partial charge on any atom is -0.497 e. The van der Waals surface area contributed by atoms with Gasteiger partial charge in [0.1, 0.15) is 5.75 Å². The number of fused-ring (bicyclic) bond motifs is 5. The molecule has 2 amide bonds. The quantitative estimate of drug-likeness (QED) is 0.153. The number of nitrogen functional groups attached to an aromatic ring is 1. The van der Waals surface area contributed by atoms with E-state index >= 15 is 0 Å². The van der Waals surface area contributed by atoms with Gasteiger partial charge in [0.25, 0.3) is 11.8 Å². The van der Waals surface area contributed by atoms with Crippen LogP contribution in [-0.2, 0) is 13.0 Å². The van der Waals surface area contributed by atoms with E-state index in [4.69, 9.17) is 39.4 Å². The van der Waals surface area contributed by atoms with E-state index in [0.29, 0.717) is 84.6 Å². The predicted octanol–water partition coefficient (Wildman–Crippen LogP) is 6.14. The molecule has 1 saturated heterocycles. The molecule has 272 valence electrons. The number of nitrogens with zero attached hydrogens (tertiary/aromatic N) is 4. The van der Waals surface area contributed by atoms with Crippen LogP contribution >= 0.6 is 0 Å². The van der Waals surface area contributed by atoms with Crippen molar-refractivity contribution in [1.29, 1.82) is 0 Å². The van der Waals surface area contributed by atoms with E-state index in [-0.39, 0.29) is 29.8 Å². The number of carbonyl (C=O) groups excluding carboxylic acids is 2. The number of carbonyl (C=O) groups is 2. The van der Waals surface area contributed by atoms with Gasteiger partial charge in [0.05, 0.1) is 69.1 Å². The van der Waals surface area contributed by atoms with Gasteiger partial charge in [-0.15, -0.1) is 0 Å². The van der Waals surface area contributed by atoms with Gasteiger partial charge in [0, 0.05) is 55.7 Å². The summed E-state index contributed by atoms with van der Waals surface area (Å²) in [5, 5.41) is 0. The van der Waals surface area contributed by atoms with Crippen LogP contribution in [-0.4, -0.2) is 87.2 Å². The fraction of sp³-hybridized carbons (Fsp3) is 0.317. The van der Waals surface area contributed by atoms with Crippen molar-refractivity contribution < 1.29 is 33.3 Å². The van der Waals surface area contributed by atoms with E-state index < -0.39 is 0 Å². The highest BCUT2D eigenvalue weighted by Crippen LogP contribution is 2.41. The van der Waals surface area contributed by atoms with E-state index in [1.54, 1.807) is 45.6 Å². The van der Waals surface area contributed by atoms with Crippen LogP contribution in [0.2, 0.25) is 0 Å². The van der Waals surface area contributed by atoms with Gasteiger partial charge in [-0.3, -0.25) is 19.6 Å². The summed E-state index contributed by atoms with van der Waals surface area (Å²) in [5.74, 6) is 2.65. The number of hydrogen-bond acceptors (Lipinski definition) is 10. The number of methoxy groups -OCH3 is 3. The topological polar surface area (TPSA) is 138 Å². The normalized spacial score (nSPS) is 19.6. The molecule has 4 aliphatic heterocycles. The zero-order valence-electron chi connectivity index (χ0n) is 29.9. The average Bonchev–Trinajstić information content (AvgIpc) is 3.51. The van der Waals surface area contributed by atoms with Crippen molar-refractivity contribution in [2.75, 3.05) is 46.8 Å². The Kier molecular flexibility index (Phi) is 9.11. The lowest BCUT2D eigenvalue weighted by molar-refractivity contribution is 0.0702. The lowest BCUT2D eigenvalue weighted by atomic mass is 9.94. The molecule has 4 aromatic carbocycles. The van der Waals surface area contributed by atoms with Gasteiger partial charge >= 0.3 is 0 Å². The first-order valence-electron chi connectivity index (χ1n) is 17.7. The van der Waals surface area contributed by atoms with Crippen molar-refractivity contribution in [1.82, 2.24) is 9.80 Å². The fourth-order valence-corrected chi connectivity index (χ4v) is 7.58.